The van der Waals surface area contributed by atoms with E-state index in [1.807, 2.05) is 31.2 Å². The molecule has 0 atom stereocenters. The monoisotopic (exact) mass is 397 g/mol. The average Bonchev–Trinajstić information content (AvgIpc) is 3.12. The van der Waals surface area contributed by atoms with Crippen LogP contribution in [0.15, 0.2) is 42.5 Å². The molecule has 0 spiro atoms. The number of nitrogens with zero attached hydrogens (tertiary/aromatic N) is 2. The van der Waals surface area contributed by atoms with Crippen molar-refractivity contribution in [2.45, 2.75) is 6.92 Å². The molecule has 2 aromatic carbocycles. The van der Waals surface area contributed by atoms with E-state index in [-0.39, 0.29) is 5.91 Å². The van der Waals surface area contributed by atoms with Crippen molar-refractivity contribution < 1.29 is 23.7 Å². The molecule has 0 unspecified atom stereocenters. The molecule has 0 aliphatic carbocycles. The molecule has 0 aliphatic heterocycles. The highest BCUT2D eigenvalue weighted by Gasteiger charge is 2.18. The van der Waals surface area contributed by atoms with Crippen molar-refractivity contribution in [2.75, 3.05) is 33.8 Å². The van der Waals surface area contributed by atoms with Gasteiger partial charge in [-0.05, 0) is 43.3 Å². The number of benzene rings is 2. The Morgan fingerprint density at radius 3 is 2.03 bits per heavy atom. The lowest BCUT2D eigenvalue weighted by atomic mass is 10.1. The van der Waals surface area contributed by atoms with Gasteiger partial charge in [-0.2, -0.15) is 5.10 Å². The lowest BCUT2D eigenvalue weighted by Crippen LogP contribution is -2.15. The van der Waals surface area contributed by atoms with Gasteiger partial charge in [0.15, 0.2) is 11.5 Å². The first kappa shape index (κ1) is 20.1. The van der Waals surface area contributed by atoms with E-state index in [0.717, 1.165) is 17.1 Å². The van der Waals surface area contributed by atoms with Gasteiger partial charge < -0.3 is 24.3 Å². The largest absolute Gasteiger partial charge is 0.497 e. The number of carbonyl (C=O) groups excluding carboxylic acids is 1. The van der Waals surface area contributed by atoms with Gasteiger partial charge in [-0.3, -0.25) is 4.79 Å². The molecule has 8 nitrogen and oxygen atoms in total. The topological polar surface area (TPSA) is 83.8 Å². The molecule has 3 rings (SSSR count). The number of anilines is 1. The summed E-state index contributed by atoms with van der Waals surface area (Å²) >= 11 is 0. The molecule has 1 amide bonds. The number of ether oxygens (including phenoxy) is 4. The maximum atomic E-state index is 12.9. The summed E-state index contributed by atoms with van der Waals surface area (Å²) in [5, 5.41) is 7.36. The summed E-state index contributed by atoms with van der Waals surface area (Å²) in [6, 6.07) is 12.4. The maximum Gasteiger partial charge on any atom is 0.257 e. The van der Waals surface area contributed by atoms with Gasteiger partial charge in [0, 0.05) is 11.6 Å². The van der Waals surface area contributed by atoms with E-state index in [1.54, 1.807) is 30.0 Å². The second kappa shape index (κ2) is 8.55. The van der Waals surface area contributed by atoms with Crippen LogP contribution in [0.5, 0.6) is 23.0 Å². The summed E-state index contributed by atoms with van der Waals surface area (Å²) in [6.45, 7) is 1.86. The van der Waals surface area contributed by atoms with Crippen molar-refractivity contribution in [1.29, 1.82) is 0 Å². The van der Waals surface area contributed by atoms with Crippen LogP contribution in [0.25, 0.3) is 5.69 Å². The van der Waals surface area contributed by atoms with Crippen LogP contribution in [0, 0.1) is 6.92 Å². The van der Waals surface area contributed by atoms with Gasteiger partial charge in [0.25, 0.3) is 5.91 Å². The molecule has 0 saturated heterocycles. The maximum absolute atomic E-state index is 12.9. The van der Waals surface area contributed by atoms with Crippen molar-refractivity contribution in [3.8, 4) is 28.7 Å². The Balaban J connectivity index is 1.93. The van der Waals surface area contributed by atoms with Gasteiger partial charge in [0.1, 0.15) is 11.6 Å². The van der Waals surface area contributed by atoms with E-state index in [2.05, 4.69) is 10.4 Å². The number of aromatic nitrogens is 2. The summed E-state index contributed by atoms with van der Waals surface area (Å²) in [6.07, 6.45) is 0. The third-order valence-electron chi connectivity index (χ3n) is 4.32. The third kappa shape index (κ3) is 4.11. The number of rotatable bonds is 7. The molecular weight excluding hydrogens is 374 g/mol. The molecule has 8 heteroatoms. The van der Waals surface area contributed by atoms with Crippen molar-refractivity contribution in [3.63, 3.8) is 0 Å². The van der Waals surface area contributed by atoms with E-state index in [4.69, 9.17) is 18.9 Å². The fourth-order valence-corrected chi connectivity index (χ4v) is 2.91. The zero-order valence-corrected chi connectivity index (χ0v) is 17.0. The predicted octanol–water partition coefficient (Wildman–Crippen LogP) is 3.47. The predicted molar refractivity (Wildman–Crippen MR) is 109 cm³/mol. The molecule has 1 aromatic heterocycles. The normalized spacial score (nSPS) is 10.4. The van der Waals surface area contributed by atoms with Crippen LogP contribution in [-0.2, 0) is 0 Å². The second-order valence-corrected chi connectivity index (χ2v) is 6.15. The highest BCUT2D eigenvalue weighted by Crippen LogP contribution is 2.38. The number of carbonyl (C=O) groups is 1. The van der Waals surface area contributed by atoms with Crippen LogP contribution < -0.4 is 24.3 Å². The van der Waals surface area contributed by atoms with Crippen molar-refractivity contribution in [1.82, 2.24) is 9.78 Å². The minimum absolute atomic E-state index is 0.334. The smallest absolute Gasteiger partial charge is 0.257 e. The molecule has 0 bridgehead atoms. The Labute approximate surface area is 169 Å². The molecule has 0 fully saturated rings. The van der Waals surface area contributed by atoms with Crippen LogP contribution >= 0.6 is 0 Å². The number of hydrogen-bond donors (Lipinski definition) is 1. The summed E-state index contributed by atoms with van der Waals surface area (Å²) < 4.78 is 22.8. The van der Waals surface area contributed by atoms with E-state index in [1.165, 1.54) is 21.3 Å². The van der Waals surface area contributed by atoms with Crippen LogP contribution in [0.4, 0.5) is 5.82 Å². The third-order valence-corrected chi connectivity index (χ3v) is 4.32. The Morgan fingerprint density at radius 1 is 0.897 bits per heavy atom. The Hall–Kier alpha value is -3.68. The molecule has 0 saturated carbocycles. The Kier molecular flexibility index (Phi) is 5.92. The summed E-state index contributed by atoms with van der Waals surface area (Å²) in [7, 11) is 6.12. The molecule has 3 aromatic rings. The zero-order chi connectivity index (χ0) is 21.0. The average molecular weight is 397 g/mol. The fraction of sp³-hybridized carbons (Fsp3) is 0.238. The minimum atomic E-state index is -0.334. The Morgan fingerprint density at radius 2 is 1.52 bits per heavy atom. The van der Waals surface area contributed by atoms with Crippen LogP contribution in [0.1, 0.15) is 16.1 Å². The SMILES string of the molecule is COc1ccc(-n2nc(C)cc2NC(=O)c2cc(OC)c(OC)c(OC)c2)cc1. The van der Waals surface area contributed by atoms with Crippen molar-refractivity contribution in [2.24, 2.45) is 0 Å². The molecule has 0 radical (unpaired) electrons. The summed E-state index contributed by atoms with van der Waals surface area (Å²) in [5.41, 5.74) is 1.92. The number of nitrogens with one attached hydrogen (secondary N) is 1. The Bertz CT molecular complexity index is 987. The van der Waals surface area contributed by atoms with Crippen LogP contribution in [0.3, 0.4) is 0 Å². The highest BCUT2D eigenvalue weighted by atomic mass is 16.5. The molecule has 1 heterocycles. The number of aryl methyl sites for hydroxylation is 1. The van der Waals surface area contributed by atoms with E-state index in [0.29, 0.717) is 28.6 Å². The number of hydrogen-bond acceptors (Lipinski definition) is 6. The van der Waals surface area contributed by atoms with E-state index < -0.39 is 0 Å². The van der Waals surface area contributed by atoms with E-state index >= 15 is 0 Å². The minimum Gasteiger partial charge on any atom is -0.497 e. The highest BCUT2D eigenvalue weighted by molar-refractivity contribution is 6.04. The second-order valence-electron chi connectivity index (χ2n) is 6.15. The first-order valence-electron chi connectivity index (χ1n) is 8.83. The van der Waals surface area contributed by atoms with Gasteiger partial charge in [0.2, 0.25) is 5.75 Å². The van der Waals surface area contributed by atoms with Crippen LogP contribution in [-0.4, -0.2) is 44.1 Å². The number of methoxy groups -OCH3 is 4. The fourth-order valence-electron chi connectivity index (χ4n) is 2.91. The molecule has 29 heavy (non-hydrogen) atoms. The van der Waals surface area contributed by atoms with Gasteiger partial charge in [-0.25, -0.2) is 4.68 Å². The summed E-state index contributed by atoms with van der Waals surface area (Å²) in [4.78, 5) is 12.9. The lowest BCUT2D eigenvalue weighted by Gasteiger charge is -2.14. The molecule has 1 N–H and O–H groups in total. The molecular formula is C21H23N3O5. The lowest BCUT2D eigenvalue weighted by molar-refractivity contribution is 0.102. The molecule has 0 aliphatic rings. The first-order chi connectivity index (χ1) is 14.0. The van der Waals surface area contributed by atoms with Gasteiger partial charge >= 0.3 is 0 Å². The molecule has 152 valence electrons. The van der Waals surface area contributed by atoms with Crippen molar-refractivity contribution >= 4 is 11.7 Å². The number of amides is 1. The van der Waals surface area contributed by atoms with Crippen molar-refractivity contribution in [3.05, 3.63) is 53.7 Å². The van der Waals surface area contributed by atoms with Gasteiger partial charge in [0.05, 0.1) is 39.8 Å². The van der Waals surface area contributed by atoms with Crippen LogP contribution in [0.2, 0.25) is 0 Å². The summed E-state index contributed by atoms with van der Waals surface area (Å²) in [5.74, 6) is 2.16. The first-order valence-corrected chi connectivity index (χ1v) is 8.83. The standard InChI is InChI=1S/C21H23N3O5/c1-13-10-19(24(23-13)15-6-8-16(26-2)9-7-15)22-21(25)14-11-17(27-3)20(29-5)18(12-14)28-4/h6-12H,1-5H3,(H,22,25). The quantitative estimate of drug-likeness (QED) is 0.657. The van der Waals surface area contributed by atoms with Gasteiger partial charge in [-0.1, -0.05) is 0 Å². The zero-order valence-electron chi connectivity index (χ0n) is 17.0. The van der Waals surface area contributed by atoms with E-state index in [9.17, 15) is 4.79 Å². The van der Waals surface area contributed by atoms with Gasteiger partial charge in [-0.15, -0.1) is 0 Å².